The second kappa shape index (κ2) is 6.18. The summed E-state index contributed by atoms with van der Waals surface area (Å²) < 4.78 is 10.7. The topological polar surface area (TPSA) is 47.3 Å². The van der Waals surface area contributed by atoms with Crippen LogP contribution in [-0.4, -0.2) is 11.3 Å². The van der Waals surface area contributed by atoms with E-state index < -0.39 is 0 Å². The van der Waals surface area contributed by atoms with Gasteiger partial charge in [0.15, 0.2) is 0 Å². The summed E-state index contributed by atoms with van der Waals surface area (Å²) in [6.07, 6.45) is 0.105. The summed E-state index contributed by atoms with van der Waals surface area (Å²) >= 11 is 6.20. The van der Waals surface area contributed by atoms with E-state index >= 15 is 0 Å². The van der Waals surface area contributed by atoms with Gasteiger partial charge in [-0.1, -0.05) is 16.8 Å². The first kappa shape index (κ1) is 14.7. The van der Waals surface area contributed by atoms with Crippen molar-refractivity contribution in [3.63, 3.8) is 0 Å². The maximum Gasteiger partial charge on any atom is 0.138 e. The summed E-state index contributed by atoms with van der Waals surface area (Å²) in [6.45, 7) is 8.44. The van der Waals surface area contributed by atoms with Crippen molar-refractivity contribution < 1.29 is 9.26 Å². The second-order valence-electron chi connectivity index (χ2n) is 4.97. The molecule has 0 atom stereocenters. The average molecular weight is 295 g/mol. The fourth-order valence-electron chi connectivity index (χ4n) is 1.91. The highest BCUT2D eigenvalue weighted by Crippen LogP contribution is 2.29. The zero-order valence-electron chi connectivity index (χ0n) is 12.2. The van der Waals surface area contributed by atoms with Crippen LogP contribution >= 0.6 is 11.6 Å². The van der Waals surface area contributed by atoms with Gasteiger partial charge in [0.25, 0.3) is 0 Å². The van der Waals surface area contributed by atoms with Crippen LogP contribution in [0.5, 0.6) is 5.75 Å². The highest BCUT2D eigenvalue weighted by atomic mass is 35.5. The van der Waals surface area contributed by atoms with Crippen molar-refractivity contribution in [3.8, 4) is 5.75 Å². The number of aryl methyl sites for hydroxylation is 2. The lowest BCUT2D eigenvalue weighted by Crippen LogP contribution is -2.06. The number of halogens is 1. The molecular weight excluding hydrogens is 276 g/mol. The number of ether oxygens (including phenoxy) is 1. The summed E-state index contributed by atoms with van der Waals surface area (Å²) in [6, 6.07) is 5.68. The number of rotatable bonds is 5. The molecular formula is C15H19ClN2O2. The minimum atomic E-state index is 0.105. The lowest BCUT2D eigenvalue weighted by Gasteiger charge is -2.13. The highest BCUT2D eigenvalue weighted by Gasteiger charge is 2.09. The quantitative estimate of drug-likeness (QED) is 0.891. The normalized spacial score (nSPS) is 10.9. The van der Waals surface area contributed by atoms with Crippen molar-refractivity contribution in [2.24, 2.45) is 0 Å². The van der Waals surface area contributed by atoms with E-state index in [2.05, 4.69) is 10.5 Å². The van der Waals surface area contributed by atoms with Gasteiger partial charge in [-0.3, -0.25) is 0 Å². The number of hydrogen-bond acceptors (Lipinski definition) is 4. The molecule has 0 saturated heterocycles. The summed E-state index contributed by atoms with van der Waals surface area (Å²) in [4.78, 5) is 0. The first-order chi connectivity index (χ1) is 9.47. The Morgan fingerprint density at radius 2 is 2.10 bits per heavy atom. The van der Waals surface area contributed by atoms with Crippen LogP contribution in [0.3, 0.4) is 0 Å². The van der Waals surface area contributed by atoms with E-state index in [9.17, 15) is 0 Å². The largest absolute Gasteiger partial charge is 0.489 e. The van der Waals surface area contributed by atoms with E-state index in [-0.39, 0.29) is 6.10 Å². The number of nitrogens with one attached hydrogen (secondary N) is 1. The van der Waals surface area contributed by atoms with Crippen LogP contribution in [0.2, 0.25) is 5.02 Å². The zero-order valence-corrected chi connectivity index (χ0v) is 12.9. The van der Waals surface area contributed by atoms with Gasteiger partial charge in [-0.2, -0.15) is 0 Å². The molecule has 5 heteroatoms. The third-order valence-electron chi connectivity index (χ3n) is 2.95. The maximum atomic E-state index is 6.20. The molecule has 0 unspecified atom stereocenters. The van der Waals surface area contributed by atoms with Gasteiger partial charge in [-0.15, -0.1) is 0 Å². The smallest absolute Gasteiger partial charge is 0.138 e. The predicted molar refractivity (Wildman–Crippen MR) is 80.5 cm³/mol. The van der Waals surface area contributed by atoms with Crippen molar-refractivity contribution in [3.05, 3.63) is 40.2 Å². The number of hydrogen-bond donors (Lipinski definition) is 1. The molecule has 0 radical (unpaired) electrons. The molecule has 2 rings (SSSR count). The molecule has 1 N–H and O–H groups in total. The standard InChI is InChI=1S/C15H19ClN2O2/c1-9(2)19-15-6-5-12(7-14(15)16)17-8-13-10(3)18-20-11(13)4/h5-7,9,17H,8H2,1-4H3. The van der Waals surface area contributed by atoms with Gasteiger partial charge in [0, 0.05) is 17.8 Å². The Labute approximate surface area is 124 Å². The van der Waals surface area contributed by atoms with E-state index in [1.54, 1.807) is 0 Å². The molecule has 0 amide bonds. The minimum absolute atomic E-state index is 0.105. The van der Waals surface area contributed by atoms with Crippen LogP contribution < -0.4 is 10.1 Å². The van der Waals surface area contributed by atoms with Crippen molar-refractivity contribution in [1.29, 1.82) is 0 Å². The Hall–Kier alpha value is -1.68. The van der Waals surface area contributed by atoms with E-state index in [0.29, 0.717) is 17.3 Å². The monoisotopic (exact) mass is 294 g/mol. The van der Waals surface area contributed by atoms with Crippen LogP contribution in [0.15, 0.2) is 22.7 Å². The van der Waals surface area contributed by atoms with Gasteiger partial charge in [0.05, 0.1) is 16.8 Å². The zero-order chi connectivity index (χ0) is 14.7. The molecule has 0 aliphatic carbocycles. The molecule has 2 aromatic rings. The third-order valence-corrected chi connectivity index (χ3v) is 3.24. The number of nitrogens with zero attached hydrogens (tertiary/aromatic N) is 1. The lowest BCUT2D eigenvalue weighted by atomic mass is 10.2. The number of benzene rings is 1. The fourth-order valence-corrected chi connectivity index (χ4v) is 2.13. The Balaban J connectivity index is 2.06. The van der Waals surface area contributed by atoms with Gasteiger partial charge < -0.3 is 14.6 Å². The Morgan fingerprint density at radius 3 is 2.65 bits per heavy atom. The summed E-state index contributed by atoms with van der Waals surface area (Å²) in [5, 5.41) is 7.84. The molecule has 1 aromatic carbocycles. The fraction of sp³-hybridized carbons (Fsp3) is 0.400. The molecule has 0 aliphatic heterocycles. The van der Waals surface area contributed by atoms with Gasteiger partial charge in [-0.05, 0) is 45.9 Å². The van der Waals surface area contributed by atoms with Crippen molar-refractivity contribution >= 4 is 17.3 Å². The molecule has 0 bridgehead atoms. The van der Waals surface area contributed by atoms with Gasteiger partial charge in [0.2, 0.25) is 0 Å². The Bertz CT molecular complexity index is 574. The molecule has 1 aromatic heterocycles. The summed E-state index contributed by atoms with van der Waals surface area (Å²) in [5.41, 5.74) is 2.91. The van der Waals surface area contributed by atoms with Gasteiger partial charge in [-0.25, -0.2) is 0 Å². The van der Waals surface area contributed by atoms with Crippen molar-refractivity contribution in [2.75, 3.05) is 5.32 Å². The first-order valence-electron chi connectivity index (χ1n) is 6.59. The summed E-state index contributed by atoms with van der Waals surface area (Å²) in [7, 11) is 0. The van der Waals surface area contributed by atoms with Gasteiger partial charge in [0.1, 0.15) is 11.5 Å². The highest BCUT2D eigenvalue weighted by molar-refractivity contribution is 6.32. The van der Waals surface area contributed by atoms with Gasteiger partial charge >= 0.3 is 0 Å². The van der Waals surface area contributed by atoms with Crippen LogP contribution in [0.1, 0.15) is 30.9 Å². The number of anilines is 1. The maximum absolute atomic E-state index is 6.20. The molecule has 0 spiro atoms. The van der Waals surface area contributed by atoms with E-state index in [4.69, 9.17) is 20.9 Å². The number of aromatic nitrogens is 1. The van der Waals surface area contributed by atoms with E-state index in [1.165, 1.54) is 0 Å². The molecule has 4 nitrogen and oxygen atoms in total. The Kier molecular flexibility index (Phi) is 4.55. The van der Waals surface area contributed by atoms with Crippen LogP contribution in [0.4, 0.5) is 5.69 Å². The molecule has 0 saturated carbocycles. The second-order valence-corrected chi connectivity index (χ2v) is 5.38. The van der Waals surface area contributed by atoms with Crippen molar-refractivity contribution in [2.45, 2.75) is 40.3 Å². The SMILES string of the molecule is Cc1noc(C)c1CNc1ccc(OC(C)C)c(Cl)c1. The average Bonchev–Trinajstić information content (AvgIpc) is 2.69. The first-order valence-corrected chi connectivity index (χ1v) is 6.97. The molecule has 0 fully saturated rings. The third kappa shape index (κ3) is 3.45. The van der Waals surface area contributed by atoms with E-state index in [0.717, 1.165) is 22.7 Å². The minimum Gasteiger partial charge on any atom is -0.489 e. The van der Waals surface area contributed by atoms with Crippen molar-refractivity contribution in [1.82, 2.24) is 5.16 Å². The Morgan fingerprint density at radius 1 is 1.35 bits per heavy atom. The lowest BCUT2D eigenvalue weighted by molar-refractivity contribution is 0.242. The van der Waals surface area contributed by atoms with Crippen LogP contribution in [0.25, 0.3) is 0 Å². The molecule has 20 heavy (non-hydrogen) atoms. The molecule has 1 heterocycles. The van der Waals surface area contributed by atoms with E-state index in [1.807, 2.05) is 45.9 Å². The molecule has 108 valence electrons. The van der Waals surface area contributed by atoms with Crippen LogP contribution in [0, 0.1) is 13.8 Å². The molecule has 0 aliphatic rings. The predicted octanol–water partition coefficient (Wildman–Crippen LogP) is 4.34. The summed E-state index contributed by atoms with van der Waals surface area (Å²) in [5.74, 6) is 1.53. The van der Waals surface area contributed by atoms with Crippen LogP contribution in [-0.2, 0) is 6.54 Å².